The molecule has 0 aliphatic rings. The minimum absolute atomic E-state index is 0.0766. The van der Waals surface area contributed by atoms with Gasteiger partial charge in [0, 0.05) is 0 Å². The summed E-state index contributed by atoms with van der Waals surface area (Å²) >= 11 is 1.29. The Labute approximate surface area is 88.5 Å². The summed E-state index contributed by atoms with van der Waals surface area (Å²) in [7, 11) is 1.27. The molecule has 2 heterocycles. The van der Waals surface area contributed by atoms with Gasteiger partial charge in [-0.2, -0.15) is 0 Å². The van der Waals surface area contributed by atoms with Crippen molar-refractivity contribution in [2.24, 2.45) is 0 Å². The number of anilines is 1. The molecule has 0 aromatic carbocycles. The molecule has 0 spiro atoms. The zero-order valence-electron chi connectivity index (χ0n) is 7.75. The van der Waals surface area contributed by atoms with E-state index >= 15 is 0 Å². The monoisotopic (exact) mass is 225 g/mol. The Hall–Kier alpha value is -1.96. The van der Waals surface area contributed by atoms with Crippen LogP contribution in [0, 0.1) is 0 Å². The van der Waals surface area contributed by atoms with Crippen LogP contribution in [0.2, 0.25) is 0 Å². The fourth-order valence-corrected chi connectivity index (χ4v) is 1.58. The summed E-state index contributed by atoms with van der Waals surface area (Å²) in [5, 5.41) is 8.02. The molecule has 2 rings (SSSR count). The Balaban J connectivity index is 2.45. The van der Waals surface area contributed by atoms with Gasteiger partial charge >= 0.3 is 5.97 Å². The van der Waals surface area contributed by atoms with Crippen molar-refractivity contribution in [2.75, 3.05) is 12.8 Å². The number of hydrogen-bond donors (Lipinski definition) is 1. The average Bonchev–Trinajstić information content (AvgIpc) is 2.85. The minimum Gasteiger partial charge on any atom is -0.464 e. The van der Waals surface area contributed by atoms with E-state index in [9.17, 15) is 4.79 Å². The number of hydrogen-bond acceptors (Lipinski definition) is 7. The molecule has 2 aromatic heterocycles. The highest BCUT2D eigenvalue weighted by Crippen LogP contribution is 2.18. The van der Waals surface area contributed by atoms with E-state index in [1.54, 1.807) is 5.51 Å². The number of nitrogens with two attached hydrogens (primary N) is 1. The van der Waals surface area contributed by atoms with Crippen molar-refractivity contribution in [1.29, 1.82) is 0 Å². The van der Waals surface area contributed by atoms with E-state index in [0.29, 0.717) is 5.13 Å². The maximum atomic E-state index is 11.2. The Morgan fingerprint density at radius 1 is 1.67 bits per heavy atom. The van der Waals surface area contributed by atoms with Crippen molar-refractivity contribution in [3.63, 3.8) is 0 Å². The lowest BCUT2D eigenvalue weighted by molar-refractivity contribution is 0.0596. The summed E-state index contributed by atoms with van der Waals surface area (Å²) in [6.07, 6.45) is 1.40. The lowest BCUT2D eigenvalue weighted by Crippen LogP contribution is -2.07. The van der Waals surface area contributed by atoms with Crippen molar-refractivity contribution in [2.45, 2.75) is 0 Å². The van der Waals surface area contributed by atoms with E-state index in [2.05, 4.69) is 19.9 Å². The zero-order chi connectivity index (χ0) is 10.8. The molecule has 78 valence electrons. The van der Waals surface area contributed by atoms with E-state index < -0.39 is 5.97 Å². The first kappa shape index (κ1) is 9.59. The first-order chi connectivity index (χ1) is 7.24. The normalized spacial score (nSPS) is 10.2. The van der Waals surface area contributed by atoms with Crippen LogP contribution in [0.5, 0.6) is 0 Å². The van der Waals surface area contributed by atoms with Crippen LogP contribution in [-0.4, -0.2) is 32.8 Å². The van der Waals surface area contributed by atoms with Gasteiger partial charge in [-0.1, -0.05) is 11.3 Å². The highest BCUT2D eigenvalue weighted by Gasteiger charge is 2.17. The van der Waals surface area contributed by atoms with Crippen LogP contribution >= 0.6 is 11.3 Å². The molecule has 0 unspecified atom stereocenters. The first-order valence-electron chi connectivity index (χ1n) is 3.91. The smallest absolute Gasteiger partial charge is 0.360 e. The number of nitrogen functional groups attached to an aromatic ring is 1. The molecule has 0 aliphatic carbocycles. The number of ether oxygens (including phenoxy) is 1. The lowest BCUT2D eigenvalue weighted by atomic mass is 10.4. The number of rotatable bonds is 2. The predicted octanol–water partition coefficient (Wildman–Crippen LogP) is 0.0926. The molecule has 8 heteroatoms. The quantitative estimate of drug-likeness (QED) is 0.728. The summed E-state index contributed by atoms with van der Waals surface area (Å²) < 4.78 is 6.00. The summed E-state index contributed by atoms with van der Waals surface area (Å²) in [6, 6.07) is 0. The minimum atomic E-state index is -0.573. The van der Waals surface area contributed by atoms with Crippen molar-refractivity contribution >= 4 is 23.1 Å². The summed E-state index contributed by atoms with van der Waals surface area (Å²) in [5.41, 5.74) is 7.35. The molecule has 2 aromatic rings. The van der Waals surface area contributed by atoms with Gasteiger partial charge in [0.25, 0.3) is 0 Å². The van der Waals surface area contributed by atoms with Gasteiger partial charge in [-0.3, -0.25) is 4.57 Å². The molecule has 0 fully saturated rings. The SMILES string of the molecule is COC(=O)c1ncn(-c2nncs2)c1N. The van der Waals surface area contributed by atoms with Crippen molar-refractivity contribution < 1.29 is 9.53 Å². The highest BCUT2D eigenvalue weighted by atomic mass is 32.1. The van der Waals surface area contributed by atoms with Crippen molar-refractivity contribution in [1.82, 2.24) is 19.7 Å². The molecule has 0 amide bonds. The van der Waals surface area contributed by atoms with Gasteiger partial charge in [0.05, 0.1) is 7.11 Å². The van der Waals surface area contributed by atoms with Gasteiger partial charge in [0.15, 0.2) is 5.69 Å². The molecule has 0 aliphatic heterocycles. The molecule has 15 heavy (non-hydrogen) atoms. The molecule has 0 saturated carbocycles. The maximum Gasteiger partial charge on any atom is 0.360 e. The fraction of sp³-hybridized carbons (Fsp3) is 0.143. The summed E-state index contributed by atoms with van der Waals surface area (Å²) in [4.78, 5) is 15.1. The second-order valence-corrected chi connectivity index (χ2v) is 3.37. The number of methoxy groups -OCH3 is 1. The standard InChI is InChI=1S/C7H7N5O2S/c1-14-6(13)4-5(8)12(2-9-4)7-11-10-3-15-7/h2-3H,8H2,1H3. The predicted molar refractivity (Wildman–Crippen MR) is 52.8 cm³/mol. The topological polar surface area (TPSA) is 95.9 Å². The van der Waals surface area contributed by atoms with Gasteiger partial charge in [0.1, 0.15) is 17.7 Å². The molecule has 0 atom stereocenters. The van der Waals surface area contributed by atoms with Crippen molar-refractivity contribution in [3.8, 4) is 5.13 Å². The fourth-order valence-electron chi connectivity index (χ4n) is 1.04. The van der Waals surface area contributed by atoms with Gasteiger partial charge < -0.3 is 10.5 Å². The Kier molecular flexibility index (Phi) is 2.34. The number of nitrogens with zero attached hydrogens (tertiary/aromatic N) is 4. The number of carbonyl (C=O) groups is 1. The molecular weight excluding hydrogens is 218 g/mol. The van der Waals surface area contributed by atoms with E-state index in [4.69, 9.17) is 5.73 Å². The Bertz CT molecular complexity index is 478. The van der Waals surface area contributed by atoms with Crippen LogP contribution < -0.4 is 5.73 Å². The van der Waals surface area contributed by atoms with Crippen molar-refractivity contribution in [3.05, 3.63) is 17.5 Å². The van der Waals surface area contributed by atoms with E-state index in [1.165, 1.54) is 29.3 Å². The molecule has 7 nitrogen and oxygen atoms in total. The van der Waals surface area contributed by atoms with E-state index in [0.717, 1.165) is 0 Å². The lowest BCUT2D eigenvalue weighted by Gasteiger charge is -1.99. The first-order valence-corrected chi connectivity index (χ1v) is 4.79. The zero-order valence-corrected chi connectivity index (χ0v) is 8.56. The van der Waals surface area contributed by atoms with Gasteiger partial charge in [-0.25, -0.2) is 9.78 Å². The molecular formula is C7H7N5O2S. The van der Waals surface area contributed by atoms with Gasteiger partial charge in [-0.15, -0.1) is 10.2 Å². The molecule has 0 radical (unpaired) electrons. The van der Waals surface area contributed by atoms with E-state index in [1.807, 2.05) is 0 Å². The van der Waals surface area contributed by atoms with Crippen LogP contribution in [0.3, 0.4) is 0 Å². The van der Waals surface area contributed by atoms with E-state index in [-0.39, 0.29) is 11.5 Å². The van der Waals surface area contributed by atoms with Gasteiger partial charge in [-0.05, 0) is 0 Å². The highest BCUT2D eigenvalue weighted by molar-refractivity contribution is 7.11. The second kappa shape index (κ2) is 3.65. The third kappa shape index (κ3) is 1.54. The van der Waals surface area contributed by atoms with Crippen LogP contribution in [0.1, 0.15) is 10.5 Å². The molecule has 0 saturated heterocycles. The van der Waals surface area contributed by atoms with Crippen LogP contribution in [0.4, 0.5) is 5.82 Å². The average molecular weight is 225 g/mol. The number of imidazole rings is 1. The van der Waals surface area contributed by atoms with Crippen LogP contribution in [0.15, 0.2) is 11.8 Å². The number of aromatic nitrogens is 4. The van der Waals surface area contributed by atoms with Crippen LogP contribution in [-0.2, 0) is 4.74 Å². The van der Waals surface area contributed by atoms with Gasteiger partial charge in [0.2, 0.25) is 5.13 Å². The second-order valence-electron chi connectivity index (χ2n) is 2.56. The Morgan fingerprint density at radius 3 is 3.07 bits per heavy atom. The number of carbonyl (C=O) groups excluding carboxylic acids is 1. The van der Waals surface area contributed by atoms with Crippen LogP contribution in [0.25, 0.3) is 5.13 Å². The number of esters is 1. The maximum absolute atomic E-state index is 11.2. The third-order valence-corrected chi connectivity index (χ3v) is 2.43. The Morgan fingerprint density at radius 2 is 2.47 bits per heavy atom. The largest absolute Gasteiger partial charge is 0.464 e. The molecule has 0 bridgehead atoms. The summed E-state index contributed by atoms with van der Waals surface area (Å²) in [6.45, 7) is 0. The third-order valence-electron chi connectivity index (χ3n) is 1.74. The summed E-state index contributed by atoms with van der Waals surface area (Å²) in [5.74, 6) is -0.380. The molecule has 2 N–H and O–H groups in total.